The quantitative estimate of drug-likeness (QED) is 0.705. The molecule has 0 N–H and O–H groups in total. The predicted octanol–water partition coefficient (Wildman–Crippen LogP) is 5.31. The van der Waals surface area contributed by atoms with Gasteiger partial charge in [0.25, 0.3) is 0 Å². The second kappa shape index (κ2) is 6.31. The van der Waals surface area contributed by atoms with Crippen molar-refractivity contribution in [3.05, 3.63) is 52.6 Å². The zero-order valence-electron chi connectivity index (χ0n) is 12.3. The molecule has 2 nitrogen and oxygen atoms in total. The molecular weight excluding hydrogens is 316 g/mol. The first-order chi connectivity index (χ1) is 9.55. The van der Waals surface area contributed by atoms with E-state index >= 15 is 0 Å². The highest BCUT2D eigenvalue weighted by Crippen LogP contribution is 2.32. The number of halogens is 1. The maximum absolute atomic E-state index is 6.05. The molecular formula is C17H19BrO2. The van der Waals surface area contributed by atoms with Crippen LogP contribution in [-0.4, -0.2) is 7.11 Å². The van der Waals surface area contributed by atoms with Gasteiger partial charge < -0.3 is 9.47 Å². The largest absolute Gasteiger partial charge is 0.496 e. The SMILES string of the molecule is COc1ccc(Oc2c(C)cc(CBr)cc2C)cc1C. The Morgan fingerprint density at radius 3 is 2.10 bits per heavy atom. The molecule has 0 atom stereocenters. The van der Waals surface area contributed by atoms with Gasteiger partial charge >= 0.3 is 0 Å². The van der Waals surface area contributed by atoms with Crippen molar-refractivity contribution in [3.8, 4) is 17.2 Å². The number of alkyl halides is 1. The van der Waals surface area contributed by atoms with E-state index in [1.165, 1.54) is 5.56 Å². The van der Waals surface area contributed by atoms with Gasteiger partial charge in [0.2, 0.25) is 0 Å². The Morgan fingerprint density at radius 2 is 1.60 bits per heavy atom. The minimum absolute atomic E-state index is 0.834. The average Bonchev–Trinajstić information content (AvgIpc) is 2.42. The molecule has 0 aliphatic rings. The monoisotopic (exact) mass is 334 g/mol. The molecule has 0 unspecified atom stereocenters. The molecule has 0 aliphatic carbocycles. The summed E-state index contributed by atoms with van der Waals surface area (Å²) >= 11 is 3.49. The Labute approximate surface area is 128 Å². The Balaban J connectivity index is 2.32. The lowest BCUT2D eigenvalue weighted by molar-refractivity contribution is 0.409. The number of methoxy groups -OCH3 is 1. The van der Waals surface area contributed by atoms with Gasteiger partial charge in [0.15, 0.2) is 0 Å². The molecule has 0 heterocycles. The first kappa shape index (κ1) is 14.9. The molecule has 20 heavy (non-hydrogen) atoms. The van der Waals surface area contributed by atoms with Crippen molar-refractivity contribution in [2.24, 2.45) is 0 Å². The smallest absolute Gasteiger partial charge is 0.133 e. The van der Waals surface area contributed by atoms with Crippen LogP contribution in [0.1, 0.15) is 22.3 Å². The molecule has 2 rings (SSSR count). The standard InChI is InChI=1S/C17H19BrO2/c1-11-9-15(5-6-16(11)19-4)20-17-12(2)7-14(10-18)8-13(17)3/h5-9H,10H2,1-4H3. The Hall–Kier alpha value is -1.48. The summed E-state index contributed by atoms with van der Waals surface area (Å²) in [6, 6.07) is 10.2. The van der Waals surface area contributed by atoms with Crippen molar-refractivity contribution in [2.75, 3.05) is 7.11 Å². The fourth-order valence-electron chi connectivity index (χ4n) is 2.31. The Morgan fingerprint density at radius 1 is 0.950 bits per heavy atom. The third kappa shape index (κ3) is 3.15. The molecule has 0 fully saturated rings. The van der Waals surface area contributed by atoms with Gasteiger partial charge in [-0.1, -0.05) is 28.1 Å². The number of hydrogen-bond acceptors (Lipinski definition) is 2. The highest BCUT2D eigenvalue weighted by atomic mass is 79.9. The lowest BCUT2D eigenvalue weighted by Gasteiger charge is -2.14. The van der Waals surface area contributed by atoms with E-state index in [1.807, 2.05) is 25.1 Å². The van der Waals surface area contributed by atoms with Gasteiger partial charge in [-0.3, -0.25) is 0 Å². The normalized spacial score (nSPS) is 10.4. The second-order valence-corrected chi connectivity index (χ2v) is 5.49. The molecule has 0 radical (unpaired) electrons. The van der Waals surface area contributed by atoms with Gasteiger partial charge in [-0.2, -0.15) is 0 Å². The number of ether oxygens (including phenoxy) is 2. The van der Waals surface area contributed by atoms with E-state index in [2.05, 4.69) is 41.9 Å². The molecule has 0 aliphatic heterocycles. The highest BCUT2D eigenvalue weighted by Gasteiger charge is 2.08. The summed E-state index contributed by atoms with van der Waals surface area (Å²) in [6.07, 6.45) is 0. The maximum atomic E-state index is 6.05. The summed E-state index contributed by atoms with van der Waals surface area (Å²) in [5.41, 5.74) is 4.62. The molecule has 0 amide bonds. The van der Waals surface area contributed by atoms with Crippen LogP contribution in [0.2, 0.25) is 0 Å². The molecule has 0 spiro atoms. The molecule has 106 valence electrons. The molecule has 0 aromatic heterocycles. The third-order valence-electron chi connectivity index (χ3n) is 3.26. The molecule has 2 aromatic carbocycles. The van der Waals surface area contributed by atoms with Gasteiger partial charge in [-0.05, 0) is 61.2 Å². The van der Waals surface area contributed by atoms with Crippen molar-refractivity contribution in [3.63, 3.8) is 0 Å². The van der Waals surface area contributed by atoms with Crippen LogP contribution in [0.3, 0.4) is 0 Å². The summed E-state index contributed by atoms with van der Waals surface area (Å²) < 4.78 is 11.3. The van der Waals surface area contributed by atoms with E-state index in [1.54, 1.807) is 7.11 Å². The van der Waals surface area contributed by atoms with E-state index in [0.29, 0.717) is 0 Å². The van der Waals surface area contributed by atoms with Gasteiger partial charge in [0, 0.05) is 5.33 Å². The molecule has 0 bridgehead atoms. The van der Waals surface area contributed by atoms with E-state index < -0.39 is 0 Å². The minimum Gasteiger partial charge on any atom is -0.496 e. The van der Waals surface area contributed by atoms with E-state index in [0.717, 1.165) is 39.3 Å². The molecule has 0 saturated carbocycles. The van der Waals surface area contributed by atoms with E-state index in [-0.39, 0.29) is 0 Å². The topological polar surface area (TPSA) is 18.5 Å². The molecule has 2 aromatic rings. The van der Waals surface area contributed by atoms with Crippen LogP contribution in [0.25, 0.3) is 0 Å². The first-order valence-corrected chi connectivity index (χ1v) is 7.66. The zero-order chi connectivity index (χ0) is 14.7. The van der Waals surface area contributed by atoms with Crippen LogP contribution in [0, 0.1) is 20.8 Å². The summed E-state index contributed by atoms with van der Waals surface area (Å²) in [6.45, 7) is 6.16. The van der Waals surface area contributed by atoms with Crippen molar-refractivity contribution >= 4 is 15.9 Å². The number of hydrogen-bond donors (Lipinski definition) is 0. The van der Waals surface area contributed by atoms with Gasteiger partial charge in [0.05, 0.1) is 7.11 Å². The third-order valence-corrected chi connectivity index (χ3v) is 3.91. The van der Waals surface area contributed by atoms with Gasteiger partial charge in [-0.25, -0.2) is 0 Å². The van der Waals surface area contributed by atoms with Crippen LogP contribution >= 0.6 is 15.9 Å². The summed E-state index contributed by atoms with van der Waals surface area (Å²) in [7, 11) is 1.68. The van der Waals surface area contributed by atoms with Crippen LogP contribution in [0.5, 0.6) is 17.2 Å². The fraction of sp³-hybridized carbons (Fsp3) is 0.294. The summed E-state index contributed by atoms with van der Waals surface area (Å²) in [5.74, 6) is 2.64. The van der Waals surface area contributed by atoms with Crippen molar-refractivity contribution in [1.82, 2.24) is 0 Å². The number of aryl methyl sites for hydroxylation is 3. The van der Waals surface area contributed by atoms with Crippen LogP contribution in [0.4, 0.5) is 0 Å². The number of rotatable bonds is 4. The summed E-state index contributed by atoms with van der Waals surface area (Å²) in [4.78, 5) is 0. The van der Waals surface area contributed by atoms with Crippen molar-refractivity contribution in [1.29, 1.82) is 0 Å². The first-order valence-electron chi connectivity index (χ1n) is 6.53. The highest BCUT2D eigenvalue weighted by molar-refractivity contribution is 9.08. The predicted molar refractivity (Wildman–Crippen MR) is 86.4 cm³/mol. The van der Waals surface area contributed by atoms with Crippen LogP contribution < -0.4 is 9.47 Å². The van der Waals surface area contributed by atoms with Crippen molar-refractivity contribution < 1.29 is 9.47 Å². The average molecular weight is 335 g/mol. The van der Waals surface area contributed by atoms with Crippen LogP contribution in [-0.2, 0) is 5.33 Å². The minimum atomic E-state index is 0.834. The van der Waals surface area contributed by atoms with E-state index in [9.17, 15) is 0 Å². The number of benzene rings is 2. The van der Waals surface area contributed by atoms with Crippen molar-refractivity contribution in [2.45, 2.75) is 26.1 Å². The lowest BCUT2D eigenvalue weighted by Crippen LogP contribution is -1.94. The fourth-order valence-corrected chi connectivity index (χ4v) is 2.63. The zero-order valence-corrected chi connectivity index (χ0v) is 13.9. The molecule has 3 heteroatoms. The second-order valence-electron chi connectivity index (χ2n) is 4.93. The van der Waals surface area contributed by atoms with E-state index in [4.69, 9.17) is 9.47 Å². The van der Waals surface area contributed by atoms with Crippen LogP contribution in [0.15, 0.2) is 30.3 Å². The Bertz CT molecular complexity index is 597. The summed E-state index contributed by atoms with van der Waals surface area (Å²) in [5, 5.41) is 0.858. The lowest BCUT2D eigenvalue weighted by atomic mass is 10.1. The van der Waals surface area contributed by atoms with Gasteiger partial charge in [0.1, 0.15) is 17.2 Å². The van der Waals surface area contributed by atoms with Gasteiger partial charge in [-0.15, -0.1) is 0 Å². The molecule has 0 saturated heterocycles. The Kier molecular flexibility index (Phi) is 4.71. The maximum Gasteiger partial charge on any atom is 0.133 e.